The van der Waals surface area contributed by atoms with Crippen LogP contribution in [0.3, 0.4) is 0 Å². The van der Waals surface area contributed by atoms with Crippen molar-refractivity contribution in [1.82, 2.24) is 10.3 Å². The molecule has 3 aromatic carbocycles. The molecule has 0 aromatic heterocycles. The molecule has 0 spiro atoms. The number of primary sulfonamides is 1. The van der Waals surface area contributed by atoms with Gasteiger partial charge in [0.2, 0.25) is 16.0 Å². The number of nitrogens with zero attached hydrogens (tertiary/aromatic N) is 3. The number of benzene rings is 3. The molecule has 0 aliphatic carbocycles. The second-order valence-corrected chi connectivity index (χ2v) is 12.5. The zero-order chi connectivity index (χ0) is 27.5. The summed E-state index contributed by atoms with van der Waals surface area (Å²) >= 11 is 5.90. The number of halogens is 2. The second kappa shape index (κ2) is 11.2. The van der Waals surface area contributed by atoms with Gasteiger partial charge in [0, 0.05) is 17.0 Å². The SMILES string of the molecule is CC(CS(N)(=O)=O)N/C(=N\S(=O)(=O)c1ccc(Cl)cc1)N1C[C@@H](c2ccccc2)C(c2ccc(F)cc2)=N1. The van der Waals surface area contributed by atoms with Gasteiger partial charge in [-0.2, -0.15) is 13.5 Å². The van der Waals surface area contributed by atoms with Crippen LogP contribution in [0.15, 0.2) is 93.3 Å². The van der Waals surface area contributed by atoms with E-state index in [1.807, 2.05) is 30.3 Å². The molecule has 1 aliphatic rings. The van der Waals surface area contributed by atoms with Crippen molar-refractivity contribution in [2.45, 2.75) is 23.8 Å². The van der Waals surface area contributed by atoms with Crippen LogP contribution in [0.25, 0.3) is 0 Å². The Morgan fingerprint density at radius 1 is 1.08 bits per heavy atom. The largest absolute Gasteiger partial charge is 0.350 e. The number of rotatable bonds is 7. The van der Waals surface area contributed by atoms with E-state index in [0.29, 0.717) is 16.3 Å². The van der Waals surface area contributed by atoms with Crippen LogP contribution in [-0.4, -0.2) is 51.9 Å². The summed E-state index contributed by atoms with van der Waals surface area (Å²) in [7, 11) is -8.12. The van der Waals surface area contributed by atoms with Crippen molar-refractivity contribution in [2.75, 3.05) is 12.3 Å². The average molecular weight is 578 g/mol. The first-order valence-corrected chi connectivity index (χ1v) is 15.0. The average Bonchev–Trinajstić information content (AvgIpc) is 3.29. The van der Waals surface area contributed by atoms with E-state index in [2.05, 4.69) is 14.8 Å². The van der Waals surface area contributed by atoms with Crippen LogP contribution >= 0.6 is 11.6 Å². The van der Waals surface area contributed by atoms with Gasteiger partial charge in [0.05, 0.1) is 22.9 Å². The normalized spacial score (nSPS) is 17.3. The monoisotopic (exact) mass is 577 g/mol. The van der Waals surface area contributed by atoms with Gasteiger partial charge in [-0.05, 0) is 54.4 Å². The highest BCUT2D eigenvalue weighted by Gasteiger charge is 2.33. The topological polar surface area (TPSA) is 134 Å². The lowest BCUT2D eigenvalue weighted by Crippen LogP contribution is -2.46. The Hall–Kier alpha value is -3.32. The Kier molecular flexibility index (Phi) is 8.16. The minimum atomic E-state index is -4.25. The Morgan fingerprint density at radius 3 is 2.32 bits per heavy atom. The second-order valence-electron chi connectivity index (χ2n) is 8.76. The van der Waals surface area contributed by atoms with Crippen LogP contribution in [0.5, 0.6) is 0 Å². The molecule has 0 bridgehead atoms. The van der Waals surface area contributed by atoms with Gasteiger partial charge < -0.3 is 5.32 Å². The smallest absolute Gasteiger partial charge is 0.285 e. The highest BCUT2D eigenvalue weighted by molar-refractivity contribution is 7.90. The van der Waals surface area contributed by atoms with E-state index in [1.165, 1.54) is 48.3 Å². The van der Waals surface area contributed by atoms with E-state index in [4.69, 9.17) is 16.7 Å². The zero-order valence-electron chi connectivity index (χ0n) is 20.2. The van der Waals surface area contributed by atoms with Crippen LogP contribution in [0.4, 0.5) is 4.39 Å². The first-order chi connectivity index (χ1) is 17.9. The van der Waals surface area contributed by atoms with Crippen LogP contribution in [-0.2, 0) is 20.0 Å². The van der Waals surface area contributed by atoms with Gasteiger partial charge >= 0.3 is 0 Å². The maximum Gasteiger partial charge on any atom is 0.285 e. The molecule has 0 fully saturated rings. The summed E-state index contributed by atoms with van der Waals surface area (Å²) in [4.78, 5) is -0.109. The lowest BCUT2D eigenvalue weighted by atomic mass is 9.91. The maximum absolute atomic E-state index is 13.6. The fourth-order valence-electron chi connectivity index (χ4n) is 3.99. The Bertz CT molecular complexity index is 1560. The fraction of sp³-hybridized carbons (Fsp3) is 0.200. The standard InChI is InChI=1S/C25H25ClFN5O4S2/c1-17(16-37(28,33)34)29-25(31-38(35,36)22-13-9-20(26)10-14-22)32-15-23(18-5-3-2-4-6-18)24(30-32)19-7-11-21(27)12-8-19/h2-14,17,23H,15-16H2,1H3,(H,29,31)(H2,28,33,34)/t17?,23-/m0/s1. The Balaban J connectivity index is 1.79. The first kappa shape index (κ1) is 27.7. The number of hydrogen-bond acceptors (Lipinski definition) is 5. The quantitative estimate of drug-likeness (QED) is 0.327. The summed E-state index contributed by atoms with van der Waals surface area (Å²) in [6.07, 6.45) is 0. The third kappa shape index (κ3) is 6.95. The predicted molar refractivity (Wildman–Crippen MR) is 145 cm³/mol. The molecule has 0 amide bonds. The summed E-state index contributed by atoms with van der Waals surface area (Å²) in [5.74, 6) is -1.39. The highest BCUT2D eigenvalue weighted by Crippen LogP contribution is 2.29. The van der Waals surface area contributed by atoms with Gasteiger partial charge in [-0.3, -0.25) is 0 Å². The molecule has 1 unspecified atom stereocenters. The lowest BCUT2D eigenvalue weighted by Gasteiger charge is -2.22. The van der Waals surface area contributed by atoms with E-state index >= 15 is 0 Å². The molecule has 38 heavy (non-hydrogen) atoms. The predicted octanol–water partition coefficient (Wildman–Crippen LogP) is 3.29. The van der Waals surface area contributed by atoms with Crippen LogP contribution < -0.4 is 10.5 Å². The van der Waals surface area contributed by atoms with Crippen molar-refractivity contribution in [1.29, 1.82) is 0 Å². The van der Waals surface area contributed by atoms with E-state index < -0.39 is 37.7 Å². The molecule has 9 nitrogen and oxygen atoms in total. The van der Waals surface area contributed by atoms with Crippen molar-refractivity contribution >= 4 is 43.3 Å². The zero-order valence-corrected chi connectivity index (χ0v) is 22.6. The summed E-state index contributed by atoms with van der Waals surface area (Å²) in [5, 5.41) is 14.4. The fourth-order valence-corrected chi connectivity index (χ4v) is 5.86. The molecule has 2 atom stereocenters. The summed E-state index contributed by atoms with van der Waals surface area (Å²) in [6.45, 7) is 1.71. The Morgan fingerprint density at radius 2 is 1.71 bits per heavy atom. The van der Waals surface area contributed by atoms with Gasteiger partial charge in [0.25, 0.3) is 10.0 Å². The molecule has 0 saturated carbocycles. The molecule has 1 heterocycles. The molecule has 13 heteroatoms. The van der Waals surface area contributed by atoms with Crippen molar-refractivity contribution in [3.63, 3.8) is 0 Å². The summed E-state index contributed by atoms with van der Waals surface area (Å²) in [6, 6.07) is 19.9. The first-order valence-electron chi connectivity index (χ1n) is 11.5. The number of hydrazone groups is 1. The number of sulfonamides is 2. The molecule has 3 N–H and O–H groups in total. The van der Waals surface area contributed by atoms with Crippen LogP contribution in [0.2, 0.25) is 5.02 Å². The maximum atomic E-state index is 13.6. The van der Waals surface area contributed by atoms with Crippen LogP contribution in [0.1, 0.15) is 24.0 Å². The molecule has 0 radical (unpaired) electrons. The molecule has 1 aliphatic heterocycles. The number of nitrogens with two attached hydrogens (primary N) is 1. The van der Waals surface area contributed by atoms with Crippen molar-refractivity contribution in [2.24, 2.45) is 14.6 Å². The van der Waals surface area contributed by atoms with E-state index in [0.717, 1.165) is 5.56 Å². The van der Waals surface area contributed by atoms with Gasteiger partial charge in [-0.15, -0.1) is 4.40 Å². The third-order valence-corrected chi connectivity index (χ3v) is 8.17. The van der Waals surface area contributed by atoms with Gasteiger partial charge in [-0.1, -0.05) is 54.1 Å². The van der Waals surface area contributed by atoms with Crippen molar-refractivity contribution in [3.8, 4) is 0 Å². The minimum Gasteiger partial charge on any atom is -0.350 e. The van der Waals surface area contributed by atoms with Gasteiger partial charge in [0.1, 0.15) is 5.82 Å². The molecule has 4 rings (SSSR count). The minimum absolute atomic E-state index is 0.109. The summed E-state index contributed by atoms with van der Waals surface area (Å²) < 4.78 is 67.4. The van der Waals surface area contributed by atoms with Gasteiger partial charge in [0.15, 0.2) is 0 Å². The van der Waals surface area contributed by atoms with Crippen molar-refractivity contribution in [3.05, 3.63) is 101 Å². The summed E-state index contributed by atoms with van der Waals surface area (Å²) in [5.41, 5.74) is 2.10. The molecular formula is C25H25ClFN5O4S2. The number of hydrogen-bond donors (Lipinski definition) is 2. The molecular weight excluding hydrogens is 553 g/mol. The third-order valence-electron chi connectivity index (χ3n) is 5.68. The van der Waals surface area contributed by atoms with Crippen LogP contribution in [0, 0.1) is 5.82 Å². The molecule has 3 aromatic rings. The highest BCUT2D eigenvalue weighted by atomic mass is 35.5. The van der Waals surface area contributed by atoms with E-state index in [9.17, 15) is 21.2 Å². The number of nitrogens with one attached hydrogen (secondary N) is 1. The van der Waals surface area contributed by atoms with Gasteiger partial charge in [-0.25, -0.2) is 23.0 Å². The Labute approximate surface area is 225 Å². The van der Waals surface area contributed by atoms with E-state index in [-0.39, 0.29) is 23.3 Å². The molecule has 0 saturated heterocycles. The lowest BCUT2D eigenvalue weighted by molar-refractivity contribution is 0.448. The number of guanidine groups is 1. The van der Waals surface area contributed by atoms with Crippen molar-refractivity contribution < 1.29 is 21.2 Å². The van der Waals surface area contributed by atoms with E-state index in [1.54, 1.807) is 12.1 Å². The molecule has 200 valence electrons.